The Labute approximate surface area is 425 Å². The molecule has 4 atom stereocenters. The third kappa shape index (κ3) is 17.7. The topological polar surface area (TPSA) is 242 Å². The maximum atomic E-state index is 14.5. The van der Waals surface area contributed by atoms with Crippen LogP contribution in [0.5, 0.6) is 0 Å². The third-order valence-corrected chi connectivity index (χ3v) is 14.4. The van der Waals surface area contributed by atoms with Crippen LogP contribution in [0.1, 0.15) is 105 Å². The maximum Gasteiger partial charge on any atom is 0.408 e. The molecule has 19 nitrogen and oxygen atoms in total. The molecule has 0 bridgehead atoms. The normalized spacial score (nSPS) is 17.6. The fourth-order valence-electron chi connectivity index (χ4n) is 9.03. The van der Waals surface area contributed by atoms with Crippen molar-refractivity contribution in [3.8, 4) is 0 Å². The van der Waals surface area contributed by atoms with E-state index < -0.39 is 80.4 Å². The van der Waals surface area contributed by atoms with E-state index in [-0.39, 0.29) is 68.6 Å². The molecule has 5 N–H and O–H groups in total. The highest BCUT2D eigenvalue weighted by Gasteiger charge is 2.50. The van der Waals surface area contributed by atoms with E-state index in [4.69, 9.17) is 9.47 Å². The Bertz CT molecular complexity index is 2300. The summed E-state index contributed by atoms with van der Waals surface area (Å²) in [4.78, 5) is 101. The van der Waals surface area contributed by atoms with Crippen molar-refractivity contribution in [1.82, 2.24) is 41.3 Å². The summed E-state index contributed by atoms with van der Waals surface area (Å²) in [7, 11) is -3.22. The number of sulfone groups is 1. The standard InChI is InChI=1S/C52H78N8O11S/c1-35(2)28-40(55-44(62)41(29-36-18-12-10-13-19-36)56-45(63)42(30-37-20-14-11-15-21-37)57-48(66)71-51(6,7)8)43(61)54-39(22-16-17-25-53-47(65)70-50(3,4)5)46(64)58-26-23-52(24-27-58)33-60(34-52)49(67)59-31-38(32-59)72(9,68)69/h10-15,18-21,35,38-42H,16-17,22-34H2,1-9H3,(H,53,65)(H,54,61)(H,55,62)(H,56,63)(H,57,66)/t39-,40-,41-,42-/m1/s1. The van der Waals surface area contributed by atoms with Crippen LogP contribution in [-0.2, 0) is 51.3 Å². The maximum absolute atomic E-state index is 14.5. The quantitative estimate of drug-likeness (QED) is 0.117. The number of rotatable bonds is 20. The van der Waals surface area contributed by atoms with Crippen LogP contribution in [0.25, 0.3) is 0 Å². The molecule has 5 rings (SSSR count). The van der Waals surface area contributed by atoms with Gasteiger partial charge >= 0.3 is 18.2 Å². The van der Waals surface area contributed by atoms with Crippen molar-refractivity contribution in [1.29, 1.82) is 0 Å². The molecule has 20 heteroatoms. The van der Waals surface area contributed by atoms with Crippen LogP contribution in [0, 0.1) is 11.3 Å². The van der Waals surface area contributed by atoms with Crippen molar-refractivity contribution in [3.63, 3.8) is 0 Å². The molecule has 2 aromatic carbocycles. The van der Waals surface area contributed by atoms with Gasteiger partial charge in [-0.3, -0.25) is 19.2 Å². The van der Waals surface area contributed by atoms with E-state index in [0.717, 1.165) is 11.1 Å². The van der Waals surface area contributed by atoms with Crippen LogP contribution < -0.4 is 26.6 Å². The molecule has 2 aromatic rings. The summed E-state index contributed by atoms with van der Waals surface area (Å²) in [6.45, 7) is 16.7. The fraction of sp³-hybridized carbons (Fsp3) is 0.635. The second-order valence-electron chi connectivity index (χ2n) is 22.1. The highest BCUT2D eigenvalue weighted by atomic mass is 32.2. The van der Waals surface area contributed by atoms with Gasteiger partial charge in [0.15, 0.2) is 9.84 Å². The lowest BCUT2D eigenvalue weighted by atomic mass is 9.72. The highest BCUT2D eigenvalue weighted by Crippen LogP contribution is 2.41. The Morgan fingerprint density at radius 3 is 1.61 bits per heavy atom. The summed E-state index contributed by atoms with van der Waals surface area (Å²) in [5.74, 6) is -2.23. The molecule has 0 saturated carbocycles. The fourth-order valence-corrected chi connectivity index (χ4v) is 9.93. The van der Waals surface area contributed by atoms with Crippen LogP contribution in [0.3, 0.4) is 0 Å². The summed E-state index contributed by atoms with van der Waals surface area (Å²) in [6, 6.07) is 13.6. The zero-order valence-electron chi connectivity index (χ0n) is 43.6. The molecule has 3 aliphatic rings. The summed E-state index contributed by atoms with van der Waals surface area (Å²) >= 11 is 0. The average molecular weight is 1020 g/mol. The number of urea groups is 1. The van der Waals surface area contributed by atoms with Gasteiger partial charge in [-0.25, -0.2) is 22.8 Å². The molecule has 3 saturated heterocycles. The number of likely N-dealkylation sites (tertiary alicyclic amines) is 3. The van der Waals surface area contributed by atoms with E-state index in [1.165, 1.54) is 6.26 Å². The van der Waals surface area contributed by atoms with Gasteiger partial charge in [-0.05, 0) is 97.1 Å². The van der Waals surface area contributed by atoms with E-state index in [2.05, 4.69) is 26.6 Å². The Morgan fingerprint density at radius 1 is 0.639 bits per heavy atom. The van der Waals surface area contributed by atoms with Gasteiger partial charge in [0, 0.05) is 70.3 Å². The molecule has 0 unspecified atom stereocenters. The van der Waals surface area contributed by atoms with Crippen molar-refractivity contribution in [3.05, 3.63) is 71.8 Å². The lowest BCUT2D eigenvalue weighted by Gasteiger charge is -2.55. The predicted molar refractivity (Wildman–Crippen MR) is 272 cm³/mol. The van der Waals surface area contributed by atoms with Crippen molar-refractivity contribution in [2.45, 2.75) is 147 Å². The van der Waals surface area contributed by atoms with Crippen LogP contribution in [-0.4, -0.2) is 158 Å². The molecular weight excluding hydrogens is 945 g/mol. The number of nitrogens with one attached hydrogen (secondary N) is 5. The molecule has 3 fully saturated rings. The molecule has 72 heavy (non-hydrogen) atoms. The van der Waals surface area contributed by atoms with E-state index in [1.807, 2.05) is 74.5 Å². The van der Waals surface area contributed by atoms with Crippen LogP contribution in [0.4, 0.5) is 14.4 Å². The molecule has 3 heterocycles. The number of alkyl carbamates (subject to hydrolysis) is 2. The number of carbonyl (C=O) groups is 7. The van der Waals surface area contributed by atoms with Gasteiger partial charge in [0.1, 0.15) is 35.4 Å². The lowest BCUT2D eigenvalue weighted by molar-refractivity contribution is -0.141. The second-order valence-corrected chi connectivity index (χ2v) is 24.5. The van der Waals surface area contributed by atoms with Crippen LogP contribution in [0.2, 0.25) is 0 Å². The van der Waals surface area contributed by atoms with Gasteiger partial charge in [-0.2, -0.15) is 0 Å². The molecule has 398 valence electrons. The third-order valence-electron chi connectivity index (χ3n) is 12.9. The minimum Gasteiger partial charge on any atom is -0.444 e. The van der Waals surface area contributed by atoms with Crippen molar-refractivity contribution < 1.29 is 51.5 Å². The van der Waals surface area contributed by atoms with E-state index in [0.29, 0.717) is 51.9 Å². The van der Waals surface area contributed by atoms with Gasteiger partial charge in [-0.1, -0.05) is 74.5 Å². The van der Waals surface area contributed by atoms with Crippen molar-refractivity contribution in [2.75, 3.05) is 52.1 Å². The van der Waals surface area contributed by atoms with Gasteiger partial charge < -0.3 is 50.8 Å². The molecule has 0 radical (unpaired) electrons. The largest absolute Gasteiger partial charge is 0.444 e. The molecule has 3 aliphatic heterocycles. The first-order valence-corrected chi connectivity index (χ1v) is 27.1. The van der Waals surface area contributed by atoms with Crippen LogP contribution >= 0.6 is 0 Å². The minimum atomic E-state index is -3.22. The molecular formula is C52H78N8O11S. The highest BCUT2D eigenvalue weighted by molar-refractivity contribution is 7.91. The average Bonchev–Trinajstić information content (AvgIpc) is 3.25. The first-order chi connectivity index (χ1) is 33.7. The lowest BCUT2D eigenvalue weighted by Crippen LogP contribution is -2.68. The predicted octanol–water partition coefficient (Wildman–Crippen LogP) is 4.33. The van der Waals surface area contributed by atoms with Gasteiger partial charge in [0.25, 0.3) is 0 Å². The molecule has 0 aromatic heterocycles. The number of hydrogen-bond donors (Lipinski definition) is 5. The summed E-state index contributed by atoms with van der Waals surface area (Å²) in [5.41, 5.74) is -0.201. The summed E-state index contributed by atoms with van der Waals surface area (Å²) in [6.07, 6.45) is 2.60. The van der Waals surface area contributed by atoms with Gasteiger partial charge in [0.05, 0.1) is 5.25 Å². The number of benzene rings is 2. The number of carbonyl (C=O) groups excluding carboxylic acids is 7. The van der Waals surface area contributed by atoms with E-state index in [9.17, 15) is 42.0 Å². The van der Waals surface area contributed by atoms with Gasteiger partial charge in [-0.15, -0.1) is 0 Å². The number of piperidine rings is 1. The van der Waals surface area contributed by atoms with Crippen molar-refractivity contribution in [2.24, 2.45) is 11.3 Å². The number of nitrogens with zero attached hydrogens (tertiary/aromatic N) is 3. The number of unbranched alkanes of at least 4 members (excludes halogenated alkanes) is 1. The Morgan fingerprint density at radius 2 is 1.11 bits per heavy atom. The molecule has 8 amide bonds. The summed E-state index contributed by atoms with van der Waals surface area (Å²) in [5, 5.41) is 13.6. The Balaban J connectivity index is 1.29. The number of amides is 8. The SMILES string of the molecule is CC(C)C[C@@H](NC(=O)[C@@H](Cc1ccccc1)NC(=O)[C@@H](Cc1ccccc1)NC(=O)OC(C)(C)C)C(=O)N[C@H](CCCCNC(=O)OC(C)(C)C)C(=O)N1CCC2(CC1)CN(C(=O)N1CC(S(C)(=O)=O)C1)C2. The number of ether oxygens (including phenoxy) is 2. The zero-order valence-corrected chi connectivity index (χ0v) is 44.4. The van der Waals surface area contributed by atoms with Gasteiger partial charge in [0.2, 0.25) is 23.6 Å². The van der Waals surface area contributed by atoms with E-state index >= 15 is 0 Å². The minimum absolute atomic E-state index is 0.0572. The monoisotopic (exact) mass is 1020 g/mol. The first-order valence-electron chi connectivity index (χ1n) is 25.2. The van der Waals surface area contributed by atoms with E-state index in [1.54, 1.807) is 56.2 Å². The van der Waals surface area contributed by atoms with Crippen LogP contribution in [0.15, 0.2) is 60.7 Å². The zero-order chi connectivity index (χ0) is 53.0. The molecule has 1 spiro atoms. The molecule has 0 aliphatic carbocycles. The number of hydrogen-bond acceptors (Lipinski definition) is 11. The Kier molecular flexibility index (Phi) is 19.5. The second kappa shape index (κ2) is 24.7. The summed E-state index contributed by atoms with van der Waals surface area (Å²) < 4.78 is 34.6. The Hall–Kier alpha value is -5.92. The first kappa shape index (κ1) is 57.0. The smallest absolute Gasteiger partial charge is 0.408 e. The van der Waals surface area contributed by atoms with Crippen molar-refractivity contribution >= 4 is 51.7 Å².